The van der Waals surface area contributed by atoms with Gasteiger partial charge in [0, 0.05) is 0 Å². The van der Waals surface area contributed by atoms with Gasteiger partial charge in [-0.05, 0) is 39.3 Å². The summed E-state index contributed by atoms with van der Waals surface area (Å²) in [5.74, 6) is 0. The van der Waals surface area contributed by atoms with Gasteiger partial charge < -0.3 is 24.7 Å². The van der Waals surface area contributed by atoms with Gasteiger partial charge in [-0.1, -0.05) is 0 Å². The van der Waals surface area contributed by atoms with E-state index >= 15 is 0 Å². The van der Waals surface area contributed by atoms with Crippen molar-refractivity contribution in [1.82, 2.24) is 0 Å². The van der Waals surface area contributed by atoms with E-state index in [0.29, 0.717) is 0 Å². The van der Waals surface area contributed by atoms with E-state index in [9.17, 15) is 79.0 Å². The fourth-order valence-electron chi connectivity index (χ4n) is 5.48. The molecule has 1 fully saturated rings. The van der Waals surface area contributed by atoms with E-state index in [1.54, 1.807) is 0 Å². The van der Waals surface area contributed by atoms with E-state index in [1.807, 2.05) is 0 Å². The average Bonchev–Trinajstić information content (AvgIpc) is 2.52. The third kappa shape index (κ3) is 17.8. The molecule has 1 heterocycles. The minimum absolute atomic E-state index is 0.262. The number of hydrogen-bond donors (Lipinski definition) is 0. The van der Waals surface area contributed by atoms with Gasteiger partial charge in [-0.3, -0.25) is 0 Å². The van der Waals surface area contributed by atoms with E-state index in [4.69, 9.17) is 24.7 Å². The molecule has 0 aromatic heterocycles. The van der Waals surface area contributed by atoms with Gasteiger partial charge >= 0.3 is 88.4 Å². The maximum atomic E-state index is 13.8. The maximum absolute atomic E-state index is 13.8. The first-order valence-electron chi connectivity index (χ1n) is 13.1. The Kier molecular flexibility index (Phi) is 13.3. The molecule has 0 bridgehead atoms. The largest absolute Gasteiger partial charge is 0.415 e. The second-order valence-electron chi connectivity index (χ2n) is 12.2. The van der Waals surface area contributed by atoms with Crippen molar-refractivity contribution in [1.29, 1.82) is 0 Å². The van der Waals surface area contributed by atoms with E-state index in [2.05, 4.69) is 0 Å². The van der Waals surface area contributed by atoms with Crippen LogP contribution >= 0.6 is 0 Å². The Morgan fingerprint density at radius 1 is 0.250 bits per heavy atom. The zero-order valence-electron chi connectivity index (χ0n) is 25.5. The molecule has 1 rings (SSSR count). The number of alkyl halides is 18. The number of rotatable bonds is 6. The second kappa shape index (κ2) is 14.0. The van der Waals surface area contributed by atoms with Crippen molar-refractivity contribution in [2.45, 2.75) is 113 Å². The molecule has 0 amide bonds. The Labute approximate surface area is 267 Å². The first kappa shape index (κ1) is 45.8. The summed E-state index contributed by atoms with van der Waals surface area (Å²) in [6, 6.07) is -14.8. The Balaban J connectivity index is 4.34. The van der Waals surface area contributed by atoms with Gasteiger partial charge in [-0.15, -0.1) is 0 Å². The molecule has 0 aromatic rings. The zero-order chi connectivity index (χ0) is 38.5. The number of hydrogen-bond acceptors (Lipinski definition) is 6. The standard InChI is InChI=1S/C18H30F18O6Si6/c1-43(7-13(19,20)21)37-44(2,8-14(22,23)24)39-46(4,10-16(28,29)30)41-48(6,12-18(34,35)36)42-47(5,11-17(31,32)33)40-45(3,38-43)9-15(25,26)27/h7-12H2,1-6H3. The minimum Gasteiger partial charge on any atom is -0.415 e. The quantitative estimate of drug-likeness (QED) is 0.196. The molecule has 1 aliphatic heterocycles. The van der Waals surface area contributed by atoms with Crippen LogP contribution in [0.2, 0.25) is 75.5 Å². The molecule has 6 nitrogen and oxygen atoms in total. The van der Waals surface area contributed by atoms with Gasteiger partial charge in [-0.2, -0.15) is 79.0 Å². The van der Waals surface area contributed by atoms with Crippen LogP contribution in [0.3, 0.4) is 0 Å². The molecule has 0 aliphatic carbocycles. The lowest BCUT2D eigenvalue weighted by Crippen LogP contribution is -2.69. The smallest absolute Gasteiger partial charge is 0.391 e. The predicted molar refractivity (Wildman–Crippen MR) is 141 cm³/mol. The Morgan fingerprint density at radius 3 is 0.396 bits per heavy atom. The molecule has 0 spiro atoms. The summed E-state index contributed by atoms with van der Waals surface area (Å²) >= 11 is 0. The van der Waals surface area contributed by atoms with Gasteiger partial charge in [0.15, 0.2) is 0 Å². The summed E-state index contributed by atoms with van der Waals surface area (Å²) in [7, 11) is -34.7. The van der Waals surface area contributed by atoms with Crippen molar-refractivity contribution in [2.24, 2.45) is 0 Å². The molecule has 0 aromatic carbocycles. The third-order valence-corrected chi connectivity index (χ3v) is 32.7. The van der Waals surface area contributed by atoms with Crippen LogP contribution in [0.4, 0.5) is 79.0 Å². The fraction of sp³-hybridized carbons (Fsp3) is 1.00. The Bertz CT molecular complexity index is 863. The minimum atomic E-state index is -5.78. The monoisotopic (exact) mass is 852 g/mol. The van der Waals surface area contributed by atoms with Gasteiger partial charge in [0.1, 0.15) is 0 Å². The molecule has 0 N–H and O–H groups in total. The molecule has 48 heavy (non-hydrogen) atoms. The topological polar surface area (TPSA) is 55.4 Å². The molecule has 30 heteroatoms. The molecule has 0 saturated carbocycles. The Morgan fingerprint density at radius 2 is 0.333 bits per heavy atom. The van der Waals surface area contributed by atoms with Crippen molar-refractivity contribution >= 4 is 51.4 Å². The average molecular weight is 853 g/mol. The molecule has 1 saturated heterocycles. The zero-order valence-corrected chi connectivity index (χ0v) is 31.5. The van der Waals surface area contributed by atoms with Crippen molar-refractivity contribution in [3.63, 3.8) is 0 Å². The van der Waals surface area contributed by atoms with Crippen molar-refractivity contribution in [3.05, 3.63) is 0 Å². The SMILES string of the molecule is C[Si]1(CC(F)(F)F)O[Si](C)(CC(F)(F)F)O[Si](C)(CC(F)(F)F)O[Si](C)(CC(F)(F)F)O[Si](C)(CC(F)(F)F)O[Si](C)(CC(F)(F)F)O1. The van der Waals surface area contributed by atoms with Crippen LogP contribution in [-0.2, 0) is 24.7 Å². The van der Waals surface area contributed by atoms with Gasteiger partial charge in [0.05, 0.1) is 36.3 Å². The van der Waals surface area contributed by atoms with E-state index in [1.165, 1.54) is 0 Å². The lowest BCUT2D eigenvalue weighted by Gasteiger charge is -2.50. The third-order valence-electron chi connectivity index (χ3n) is 5.72. The van der Waals surface area contributed by atoms with Gasteiger partial charge in [-0.25, -0.2) is 0 Å². The van der Waals surface area contributed by atoms with E-state index < -0.39 is 125 Å². The van der Waals surface area contributed by atoms with Gasteiger partial charge in [0.2, 0.25) is 0 Å². The molecule has 1 aliphatic rings. The van der Waals surface area contributed by atoms with Crippen LogP contribution in [0.15, 0.2) is 0 Å². The van der Waals surface area contributed by atoms with Crippen LogP contribution in [0.5, 0.6) is 0 Å². The first-order chi connectivity index (χ1) is 20.5. The maximum Gasteiger partial charge on any atom is 0.391 e. The molecular formula is C18H30F18O6Si6. The summed E-state index contributed by atoms with van der Waals surface area (Å²) in [5.41, 5.74) is 0. The van der Waals surface area contributed by atoms with Gasteiger partial charge in [0.25, 0.3) is 0 Å². The summed E-state index contributed by atoms with van der Waals surface area (Å²) in [5, 5.41) is 0. The van der Waals surface area contributed by atoms with Crippen LogP contribution in [0.25, 0.3) is 0 Å². The van der Waals surface area contributed by atoms with Crippen LogP contribution in [0.1, 0.15) is 0 Å². The number of halogens is 18. The summed E-state index contributed by atoms with van der Waals surface area (Å²) in [6.45, 7) is 1.57. The Hall–Kier alpha value is -0.199. The summed E-state index contributed by atoms with van der Waals surface area (Å²) in [6.07, 6.45) is -33.2. The highest BCUT2D eigenvalue weighted by Crippen LogP contribution is 2.46. The highest BCUT2D eigenvalue weighted by atomic mass is 28.5. The molecule has 0 atom stereocenters. The molecular weight excluding hydrogens is 823 g/mol. The van der Waals surface area contributed by atoms with Crippen molar-refractivity contribution in [3.8, 4) is 0 Å². The van der Waals surface area contributed by atoms with E-state index in [-0.39, 0.29) is 39.3 Å². The summed E-state index contributed by atoms with van der Waals surface area (Å²) in [4.78, 5) is 0. The molecule has 0 unspecified atom stereocenters. The van der Waals surface area contributed by atoms with Crippen molar-refractivity contribution in [2.75, 3.05) is 0 Å². The van der Waals surface area contributed by atoms with Crippen LogP contribution < -0.4 is 0 Å². The van der Waals surface area contributed by atoms with Crippen molar-refractivity contribution < 1.29 is 104 Å². The predicted octanol–water partition coefficient (Wildman–Crippen LogP) is 9.91. The molecule has 0 radical (unpaired) electrons. The highest BCUT2D eigenvalue weighted by molar-refractivity contribution is 6.94. The second-order valence-corrected chi connectivity index (χ2v) is 32.8. The fourth-order valence-corrected chi connectivity index (χ4v) is 38.5. The highest BCUT2D eigenvalue weighted by Gasteiger charge is 2.65. The lowest BCUT2D eigenvalue weighted by atomic mass is 10.8. The van der Waals surface area contributed by atoms with Crippen LogP contribution in [-0.4, -0.2) is 88.4 Å². The lowest BCUT2D eigenvalue weighted by molar-refractivity contribution is -0.118. The van der Waals surface area contributed by atoms with E-state index in [0.717, 1.165) is 0 Å². The molecule has 288 valence electrons. The normalized spacial score (nSPS) is 36.0. The first-order valence-corrected chi connectivity index (χ1v) is 28.2. The van der Waals surface area contributed by atoms with Crippen LogP contribution in [0, 0.1) is 0 Å². The summed E-state index contributed by atoms with van der Waals surface area (Å²) < 4.78 is 279.